The largest absolute Gasteiger partial charge is 0.326 e. The van der Waals surface area contributed by atoms with Crippen LogP contribution in [0.4, 0.5) is 0 Å². The third kappa shape index (κ3) is 1.86. The van der Waals surface area contributed by atoms with Gasteiger partial charge in [-0.15, -0.1) is 0 Å². The lowest BCUT2D eigenvalue weighted by Gasteiger charge is -2.03. The van der Waals surface area contributed by atoms with Gasteiger partial charge in [0.1, 0.15) is 5.52 Å². The van der Waals surface area contributed by atoms with Gasteiger partial charge in [-0.25, -0.2) is 0 Å². The van der Waals surface area contributed by atoms with Crippen molar-refractivity contribution in [1.82, 2.24) is 14.8 Å². The fourth-order valence-corrected chi connectivity index (χ4v) is 2.36. The van der Waals surface area contributed by atoms with Gasteiger partial charge in [0.2, 0.25) is 0 Å². The Kier molecular flexibility index (Phi) is 2.76. The summed E-state index contributed by atoms with van der Waals surface area (Å²) in [5.41, 5.74) is 1.58. The quantitative estimate of drug-likeness (QED) is 0.791. The van der Waals surface area contributed by atoms with E-state index in [1.165, 1.54) is 0 Å². The molecule has 1 aromatic carbocycles. The molecule has 2 aromatic heterocycles. The fraction of sp³-hybridized carbons (Fsp3) is 0.0769. The highest BCUT2D eigenvalue weighted by molar-refractivity contribution is 9.10. The summed E-state index contributed by atoms with van der Waals surface area (Å²) in [7, 11) is 0. The van der Waals surface area contributed by atoms with E-state index in [1.807, 2.05) is 30.3 Å². The number of benzene rings is 1. The first kappa shape index (κ1) is 11.2. The Morgan fingerprint density at radius 1 is 1.28 bits per heavy atom. The zero-order valence-electron chi connectivity index (χ0n) is 9.43. The van der Waals surface area contributed by atoms with Gasteiger partial charge in [0.05, 0.1) is 12.7 Å². The van der Waals surface area contributed by atoms with Crippen LogP contribution in [0.1, 0.15) is 5.56 Å². The molecule has 2 heterocycles. The van der Waals surface area contributed by atoms with Crippen molar-refractivity contribution < 1.29 is 0 Å². The van der Waals surface area contributed by atoms with E-state index in [9.17, 15) is 4.79 Å². The van der Waals surface area contributed by atoms with Gasteiger partial charge in [-0.1, -0.05) is 30.3 Å². The van der Waals surface area contributed by atoms with Crippen LogP contribution < -0.4 is 5.56 Å². The van der Waals surface area contributed by atoms with E-state index in [2.05, 4.69) is 26.0 Å². The van der Waals surface area contributed by atoms with Gasteiger partial charge in [0.15, 0.2) is 0 Å². The number of pyridine rings is 1. The maximum Gasteiger partial charge on any atom is 0.274 e. The molecule has 0 atom stereocenters. The molecular weight excluding hydrogens is 294 g/mol. The average molecular weight is 304 g/mol. The molecule has 0 bridgehead atoms. The molecule has 0 saturated heterocycles. The van der Waals surface area contributed by atoms with E-state index in [1.54, 1.807) is 17.1 Å². The predicted octanol–water partition coefficient (Wildman–Crippen LogP) is 2.54. The lowest BCUT2D eigenvalue weighted by atomic mass is 10.2. The van der Waals surface area contributed by atoms with Crippen LogP contribution in [-0.4, -0.2) is 14.8 Å². The Labute approximate surface area is 111 Å². The first-order valence-corrected chi connectivity index (χ1v) is 6.31. The summed E-state index contributed by atoms with van der Waals surface area (Å²) in [5, 5.41) is 5.11. The Balaban J connectivity index is 2.14. The number of nitrogens with one attached hydrogen (secondary N) is 1. The first-order valence-electron chi connectivity index (χ1n) is 5.52. The fourth-order valence-electron chi connectivity index (χ4n) is 1.95. The molecule has 0 saturated carbocycles. The monoisotopic (exact) mass is 303 g/mol. The Morgan fingerprint density at radius 3 is 2.83 bits per heavy atom. The smallest absolute Gasteiger partial charge is 0.274 e. The summed E-state index contributed by atoms with van der Waals surface area (Å²) < 4.78 is 2.56. The SMILES string of the molecule is O=c1[nH]cc(Br)c2cnn(Cc3ccccc3)c12. The minimum absolute atomic E-state index is 0.123. The van der Waals surface area contributed by atoms with Crippen molar-refractivity contribution in [2.45, 2.75) is 6.54 Å². The third-order valence-corrected chi connectivity index (χ3v) is 3.47. The second kappa shape index (κ2) is 4.42. The van der Waals surface area contributed by atoms with Crippen molar-refractivity contribution in [2.75, 3.05) is 0 Å². The number of aromatic amines is 1. The van der Waals surface area contributed by atoms with Crippen molar-refractivity contribution in [3.63, 3.8) is 0 Å². The molecule has 0 spiro atoms. The third-order valence-electron chi connectivity index (χ3n) is 2.82. The Bertz CT molecular complexity index is 746. The molecule has 0 aliphatic heterocycles. The van der Waals surface area contributed by atoms with Crippen LogP contribution >= 0.6 is 15.9 Å². The zero-order valence-corrected chi connectivity index (χ0v) is 11.0. The summed E-state index contributed by atoms with van der Waals surface area (Å²) in [6.07, 6.45) is 3.34. The maximum atomic E-state index is 11.9. The van der Waals surface area contributed by atoms with Crippen molar-refractivity contribution in [2.24, 2.45) is 0 Å². The molecule has 1 N–H and O–H groups in total. The molecule has 0 fully saturated rings. The number of fused-ring (bicyclic) bond motifs is 1. The summed E-state index contributed by atoms with van der Waals surface area (Å²) >= 11 is 3.41. The van der Waals surface area contributed by atoms with E-state index in [0.29, 0.717) is 12.1 Å². The number of rotatable bonds is 2. The average Bonchev–Trinajstić information content (AvgIpc) is 2.80. The number of nitrogens with zero attached hydrogens (tertiary/aromatic N) is 2. The van der Waals surface area contributed by atoms with Crippen molar-refractivity contribution in [3.8, 4) is 0 Å². The van der Waals surface area contributed by atoms with E-state index in [4.69, 9.17) is 0 Å². The minimum atomic E-state index is -0.123. The number of hydrogen-bond acceptors (Lipinski definition) is 2. The molecule has 5 heteroatoms. The number of H-pyrrole nitrogens is 1. The van der Waals surface area contributed by atoms with E-state index < -0.39 is 0 Å². The molecule has 3 rings (SSSR count). The molecule has 18 heavy (non-hydrogen) atoms. The van der Waals surface area contributed by atoms with Crippen LogP contribution in [0.15, 0.2) is 52.0 Å². The van der Waals surface area contributed by atoms with Crippen LogP contribution in [0.25, 0.3) is 10.9 Å². The summed E-state index contributed by atoms with van der Waals surface area (Å²) in [6, 6.07) is 9.94. The number of hydrogen-bond donors (Lipinski definition) is 1. The molecule has 0 aliphatic carbocycles. The van der Waals surface area contributed by atoms with E-state index in [0.717, 1.165) is 15.4 Å². The standard InChI is InChI=1S/C13H10BrN3O/c14-11-7-15-13(18)12-10(11)6-16-17(12)8-9-4-2-1-3-5-9/h1-7H,8H2,(H,15,18). The Hall–Kier alpha value is -1.88. The van der Waals surface area contributed by atoms with Crippen LogP contribution in [-0.2, 0) is 6.54 Å². The van der Waals surface area contributed by atoms with Gasteiger partial charge in [0, 0.05) is 16.1 Å². The van der Waals surface area contributed by atoms with Gasteiger partial charge < -0.3 is 4.98 Å². The normalized spacial score (nSPS) is 10.9. The lowest BCUT2D eigenvalue weighted by Crippen LogP contribution is -2.12. The zero-order chi connectivity index (χ0) is 12.5. The molecule has 0 aliphatic rings. The van der Waals surface area contributed by atoms with Crippen LogP contribution in [0.3, 0.4) is 0 Å². The second-order valence-corrected chi connectivity index (χ2v) is 4.87. The minimum Gasteiger partial charge on any atom is -0.326 e. The molecule has 0 radical (unpaired) electrons. The van der Waals surface area contributed by atoms with Crippen molar-refractivity contribution in [3.05, 3.63) is 63.1 Å². The molecule has 4 nitrogen and oxygen atoms in total. The molecule has 3 aromatic rings. The van der Waals surface area contributed by atoms with Crippen molar-refractivity contribution >= 4 is 26.8 Å². The topological polar surface area (TPSA) is 50.7 Å². The highest BCUT2D eigenvalue weighted by Gasteiger charge is 2.09. The van der Waals surface area contributed by atoms with Crippen molar-refractivity contribution in [1.29, 1.82) is 0 Å². The van der Waals surface area contributed by atoms with Gasteiger partial charge >= 0.3 is 0 Å². The van der Waals surface area contributed by atoms with Gasteiger partial charge in [0.25, 0.3) is 5.56 Å². The highest BCUT2D eigenvalue weighted by Crippen LogP contribution is 2.20. The van der Waals surface area contributed by atoms with Crippen LogP contribution in [0.2, 0.25) is 0 Å². The molecule has 90 valence electrons. The summed E-state index contributed by atoms with van der Waals surface area (Å²) in [4.78, 5) is 14.6. The van der Waals surface area contributed by atoms with Crippen LogP contribution in [0, 0.1) is 0 Å². The number of halogens is 1. The maximum absolute atomic E-state index is 11.9. The molecular formula is C13H10BrN3O. The Morgan fingerprint density at radius 2 is 2.06 bits per heavy atom. The summed E-state index contributed by atoms with van der Waals surface area (Å²) in [5.74, 6) is 0. The highest BCUT2D eigenvalue weighted by atomic mass is 79.9. The van der Waals surface area contributed by atoms with E-state index in [-0.39, 0.29) is 5.56 Å². The van der Waals surface area contributed by atoms with Crippen LogP contribution in [0.5, 0.6) is 0 Å². The van der Waals surface area contributed by atoms with E-state index >= 15 is 0 Å². The second-order valence-electron chi connectivity index (χ2n) is 4.02. The van der Waals surface area contributed by atoms with Gasteiger partial charge in [-0.05, 0) is 21.5 Å². The van der Waals surface area contributed by atoms with Gasteiger partial charge in [-0.2, -0.15) is 5.10 Å². The molecule has 0 amide bonds. The first-order chi connectivity index (χ1) is 8.75. The lowest BCUT2D eigenvalue weighted by molar-refractivity contribution is 0.709. The predicted molar refractivity (Wildman–Crippen MR) is 73.6 cm³/mol. The molecule has 0 unspecified atom stereocenters. The van der Waals surface area contributed by atoms with Gasteiger partial charge in [-0.3, -0.25) is 9.48 Å². The number of aromatic nitrogens is 3. The summed E-state index contributed by atoms with van der Waals surface area (Å²) in [6.45, 7) is 0.587.